The molecule has 5 heteroatoms. The zero-order valence-electron chi connectivity index (χ0n) is 18.0. The summed E-state index contributed by atoms with van der Waals surface area (Å²) in [4.78, 5) is 0. The van der Waals surface area contributed by atoms with Crippen molar-refractivity contribution in [3.8, 4) is 11.1 Å². The molecule has 1 aliphatic carbocycles. The Bertz CT molecular complexity index is 1220. The Kier molecular flexibility index (Phi) is 6.18. The fraction of sp³-hybridized carbons (Fsp3) is 0.259. The van der Waals surface area contributed by atoms with Crippen LogP contribution in [0.2, 0.25) is 0 Å². The molecule has 0 spiro atoms. The fourth-order valence-electron chi connectivity index (χ4n) is 4.31. The van der Waals surface area contributed by atoms with Crippen molar-refractivity contribution in [1.82, 2.24) is 0 Å². The Labute approximate surface area is 184 Å². The monoisotopic (exact) mass is 442 g/mol. The molecule has 3 aromatic rings. The number of rotatable bonds is 5. The molecule has 0 bridgehead atoms. The van der Waals surface area contributed by atoms with Gasteiger partial charge in [-0.15, -0.1) is 0 Å². The maximum Gasteiger partial charge on any atom is 0.167 e. The smallest absolute Gasteiger partial charge is 0.167 e. The third-order valence-electron chi connectivity index (χ3n) is 6.10. The van der Waals surface area contributed by atoms with Crippen molar-refractivity contribution >= 4 is 5.57 Å². The van der Waals surface area contributed by atoms with Crippen molar-refractivity contribution in [2.24, 2.45) is 0 Å². The Morgan fingerprint density at radius 1 is 0.688 bits per heavy atom. The average Bonchev–Trinajstić information content (AvgIpc) is 2.78. The first kappa shape index (κ1) is 22.3. The van der Waals surface area contributed by atoms with Gasteiger partial charge in [-0.1, -0.05) is 50.6 Å². The molecule has 166 valence electrons. The Morgan fingerprint density at radius 3 is 2.06 bits per heavy atom. The van der Waals surface area contributed by atoms with Crippen LogP contribution < -0.4 is 0 Å². The molecule has 0 radical (unpaired) electrons. The third kappa shape index (κ3) is 3.85. The summed E-state index contributed by atoms with van der Waals surface area (Å²) in [5.74, 6) is -4.45. The first-order valence-corrected chi connectivity index (χ1v) is 10.8. The average molecular weight is 442 g/mol. The Hall–Kier alpha value is -2.95. The number of allylic oxidation sites excluding steroid dienone is 2. The number of fused-ring (bicyclic) bond motifs is 1. The molecule has 0 N–H and O–H groups in total. The van der Waals surface area contributed by atoms with Crippen LogP contribution in [-0.2, 0) is 25.7 Å². The van der Waals surface area contributed by atoms with E-state index in [9.17, 15) is 22.0 Å². The van der Waals surface area contributed by atoms with E-state index in [1.807, 2.05) is 6.92 Å². The molecule has 0 amide bonds. The van der Waals surface area contributed by atoms with E-state index in [2.05, 4.69) is 0 Å². The van der Waals surface area contributed by atoms with E-state index in [4.69, 9.17) is 0 Å². The van der Waals surface area contributed by atoms with Crippen molar-refractivity contribution in [2.75, 3.05) is 0 Å². The topological polar surface area (TPSA) is 0 Å². The van der Waals surface area contributed by atoms with Crippen LogP contribution in [0.3, 0.4) is 0 Å². The van der Waals surface area contributed by atoms with Gasteiger partial charge in [0, 0.05) is 16.7 Å². The number of hydrogen-bond donors (Lipinski definition) is 0. The molecule has 0 unspecified atom stereocenters. The molecule has 4 rings (SSSR count). The highest BCUT2D eigenvalue weighted by Crippen LogP contribution is 2.36. The lowest BCUT2D eigenvalue weighted by molar-refractivity contribution is 0.495. The van der Waals surface area contributed by atoms with E-state index in [1.54, 1.807) is 25.1 Å². The van der Waals surface area contributed by atoms with Gasteiger partial charge in [-0.05, 0) is 65.6 Å². The van der Waals surface area contributed by atoms with Gasteiger partial charge in [0.1, 0.15) is 5.82 Å². The molecule has 0 atom stereocenters. The molecule has 1 aliphatic rings. The number of aryl methyl sites for hydroxylation is 2. The first-order chi connectivity index (χ1) is 15.3. The maximum absolute atomic E-state index is 14.9. The summed E-state index contributed by atoms with van der Waals surface area (Å²) in [7, 11) is 0. The molecular formula is C27H23F5. The van der Waals surface area contributed by atoms with Crippen molar-refractivity contribution in [2.45, 2.75) is 46.0 Å². The van der Waals surface area contributed by atoms with Crippen LogP contribution in [0, 0.1) is 29.1 Å². The highest BCUT2D eigenvalue weighted by Gasteiger charge is 2.23. The molecule has 0 fully saturated rings. The van der Waals surface area contributed by atoms with Gasteiger partial charge in [-0.2, -0.15) is 0 Å². The van der Waals surface area contributed by atoms with Crippen LogP contribution in [0.1, 0.15) is 48.1 Å². The van der Waals surface area contributed by atoms with Gasteiger partial charge in [-0.25, -0.2) is 22.0 Å². The molecule has 0 saturated heterocycles. The number of halogens is 5. The van der Waals surface area contributed by atoms with Gasteiger partial charge >= 0.3 is 0 Å². The highest BCUT2D eigenvalue weighted by molar-refractivity contribution is 5.74. The minimum Gasteiger partial charge on any atom is -0.206 e. The van der Waals surface area contributed by atoms with Gasteiger partial charge in [0.15, 0.2) is 23.3 Å². The minimum atomic E-state index is -1.07. The van der Waals surface area contributed by atoms with Crippen molar-refractivity contribution in [3.63, 3.8) is 0 Å². The van der Waals surface area contributed by atoms with Crippen molar-refractivity contribution in [3.05, 3.63) is 99.4 Å². The number of hydrogen-bond acceptors (Lipinski definition) is 0. The second kappa shape index (κ2) is 8.89. The summed E-state index contributed by atoms with van der Waals surface area (Å²) in [5.41, 5.74) is 2.53. The Morgan fingerprint density at radius 2 is 1.34 bits per heavy atom. The van der Waals surface area contributed by atoms with Gasteiger partial charge in [0.2, 0.25) is 0 Å². The minimum absolute atomic E-state index is 0.0132. The van der Waals surface area contributed by atoms with E-state index in [-0.39, 0.29) is 28.7 Å². The van der Waals surface area contributed by atoms with E-state index < -0.39 is 29.1 Å². The molecule has 0 nitrogen and oxygen atoms in total. The van der Waals surface area contributed by atoms with Gasteiger partial charge in [0.05, 0.1) is 0 Å². The van der Waals surface area contributed by atoms with Crippen LogP contribution >= 0.6 is 0 Å². The molecule has 3 aromatic carbocycles. The zero-order valence-corrected chi connectivity index (χ0v) is 18.0. The molecular weight excluding hydrogens is 419 g/mol. The van der Waals surface area contributed by atoms with E-state index in [0.717, 1.165) is 5.56 Å². The van der Waals surface area contributed by atoms with Crippen LogP contribution in [0.25, 0.3) is 16.7 Å². The van der Waals surface area contributed by atoms with Crippen LogP contribution in [0.15, 0.2) is 42.5 Å². The fourth-order valence-corrected chi connectivity index (χ4v) is 4.31. The van der Waals surface area contributed by atoms with Crippen LogP contribution in [0.5, 0.6) is 0 Å². The predicted octanol–water partition coefficient (Wildman–Crippen LogP) is 7.75. The van der Waals surface area contributed by atoms with Crippen LogP contribution in [0.4, 0.5) is 22.0 Å². The van der Waals surface area contributed by atoms with E-state index >= 15 is 0 Å². The highest BCUT2D eigenvalue weighted by atomic mass is 19.2. The lowest BCUT2D eigenvalue weighted by atomic mass is 9.85. The lowest BCUT2D eigenvalue weighted by Crippen LogP contribution is -2.08. The summed E-state index contributed by atoms with van der Waals surface area (Å²) < 4.78 is 72.8. The molecule has 32 heavy (non-hydrogen) atoms. The largest absolute Gasteiger partial charge is 0.206 e. The summed E-state index contributed by atoms with van der Waals surface area (Å²) in [5, 5.41) is 0. The summed E-state index contributed by atoms with van der Waals surface area (Å²) in [6.45, 7) is 3.61. The van der Waals surface area contributed by atoms with Crippen molar-refractivity contribution < 1.29 is 22.0 Å². The molecule has 0 saturated carbocycles. The van der Waals surface area contributed by atoms with Gasteiger partial charge < -0.3 is 0 Å². The SMILES string of the molecule is CCCc1ccc(C2=CCc3cc(-c4ccc(CC)c(F)c4F)c(F)cc3C2)c(F)c1F. The lowest BCUT2D eigenvalue weighted by Gasteiger charge is -2.20. The van der Waals surface area contributed by atoms with Crippen molar-refractivity contribution in [1.29, 1.82) is 0 Å². The molecule has 0 heterocycles. The van der Waals surface area contributed by atoms with E-state index in [0.29, 0.717) is 42.4 Å². The quantitative estimate of drug-likeness (QED) is 0.355. The first-order valence-electron chi connectivity index (χ1n) is 10.8. The number of benzene rings is 3. The second-order valence-electron chi connectivity index (χ2n) is 8.12. The standard InChI is InChI=1S/C27H23F5/c1-3-5-16-9-10-20(26(31)25(16)30)18-7-6-17-13-22(23(28)14-19(17)12-18)21-11-8-15(4-2)24(29)27(21)32/h7-11,13-14H,3-6,12H2,1-2H3. The Balaban J connectivity index is 1.69. The molecule has 0 aliphatic heterocycles. The van der Waals surface area contributed by atoms with Gasteiger partial charge in [0.25, 0.3) is 0 Å². The predicted molar refractivity (Wildman–Crippen MR) is 117 cm³/mol. The van der Waals surface area contributed by atoms with Gasteiger partial charge in [-0.3, -0.25) is 0 Å². The maximum atomic E-state index is 14.9. The zero-order chi connectivity index (χ0) is 23.0. The van der Waals surface area contributed by atoms with E-state index in [1.165, 1.54) is 24.3 Å². The summed E-state index contributed by atoms with van der Waals surface area (Å²) in [6, 6.07) is 8.81. The summed E-state index contributed by atoms with van der Waals surface area (Å²) in [6.07, 6.45) is 3.85. The summed E-state index contributed by atoms with van der Waals surface area (Å²) >= 11 is 0. The molecule has 0 aromatic heterocycles. The second-order valence-corrected chi connectivity index (χ2v) is 8.12. The normalized spacial score (nSPS) is 13.2. The third-order valence-corrected chi connectivity index (χ3v) is 6.10. The van der Waals surface area contributed by atoms with Crippen LogP contribution in [-0.4, -0.2) is 0 Å².